The van der Waals surface area contributed by atoms with E-state index in [9.17, 15) is 25.0 Å². The van der Waals surface area contributed by atoms with Gasteiger partial charge in [0.1, 0.15) is 11.1 Å². The standard InChI is InChI=1S/C30H32N4O4S2/c1-5-25(28(36)33-29-24(17-31)23-13-12-19(30(2,3)4)15-26(23)40-29)39-22-11-7-9-20(16-22)32-27(35)18-8-6-10-21(14-18)34(37)38/h6-11,14,16,19,25H,5,12-13,15H2,1-4H3,(H,32,35)(H,33,36). The predicted octanol–water partition coefficient (Wildman–Crippen LogP) is 7.44. The summed E-state index contributed by atoms with van der Waals surface area (Å²) in [5.41, 5.74) is 2.40. The van der Waals surface area contributed by atoms with Gasteiger partial charge < -0.3 is 10.6 Å². The Kier molecular flexibility index (Phi) is 8.96. The Bertz CT molecular complexity index is 1490. The van der Waals surface area contributed by atoms with Gasteiger partial charge in [-0.3, -0.25) is 19.7 Å². The van der Waals surface area contributed by atoms with Gasteiger partial charge in [0.05, 0.1) is 15.7 Å². The molecule has 40 heavy (non-hydrogen) atoms. The monoisotopic (exact) mass is 576 g/mol. The lowest BCUT2D eigenvalue weighted by Crippen LogP contribution is -2.26. The van der Waals surface area contributed by atoms with Crippen molar-refractivity contribution in [2.24, 2.45) is 11.3 Å². The topological polar surface area (TPSA) is 125 Å². The maximum absolute atomic E-state index is 13.3. The second-order valence-electron chi connectivity index (χ2n) is 10.9. The molecular weight excluding hydrogens is 544 g/mol. The number of nitro benzene ring substituents is 1. The molecule has 0 fully saturated rings. The zero-order valence-electron chi connectivity index (χ0n) is 22.9. The molecule has 4 rings (SSSR count). The summed E-state index contributed by atoms with van der Waals surface area (Å²) in [6.07, 6.45) is 3.39. The average molecular weight is 577 g/mol. The summed E-state index contributed by atoms with van der Waals surface area (Å²) in [6.45, 7) is 8.69. The third-order valence-electron chi connectivity index (χ3n) is 7.19. The molecule has 2 aromatic carbocycles. The fraction of sp³-hybridized carbons (Fsp3) is 0.367. The van der Waals surface area contributed by atoms with Crippen molar-refractivity contribution < 1.29 is 14.5 Å². The van der Waals surface area contributed by atoms with Crippen LogP contribution in [-0.2, 0) is 17.6 Å². The molecule has 1 heterocycles. The van der Waals surface area contributed by atoms with E-state index in [0.29, 0.717) is 28.6 Å². The van der Waals surface area contributed by atoms with Crippen molar-refractivity contribution in [3.63, 3.8) is 0 Å². The first kappa shape index (κ1) is 29.3. The number of rotatable bonds is 8. The number of carbonyl (C=O) groups is 2. The van der Waals surface area contributed by atoms with Crippen LogP contribution in [0.2, 0.25) is 0 Å². The van der Waals surface area contributed by atoms with E-state index in [0.717, 1.165) is 29.7 Å². The number of fused-ring (bicyclic) bond motifs is 1. The van der Waals surface area contributed by atoms with Gasteiger partial charge in [-0.15, -0.1) is 23.1 Å². The van der Waals surface area contributed by atoms with Crippen LogP contribution in [-0.4, -0.2) is 22.0 Å². The lowest BCUT2D eigenvalue weighted by molar-refractivity contribution is -0.384. The first-order chi connectivity index (χ1) is 19.0. The molecule has 208 valence electrons. The highest BCUT2D eigenvalue weighted by Crippen LogP contribution is 2.44. The molecule has 0 aliphatic heterocycles. The Morgan fingerprint density at radius 1 is 1.20 bits per heavy atom. The Labute approximate surface area is 242 Å². The van der Waals surface area contributed by atoms with E-state index in [1.54, 1.807) is 18.2 Å². The first-order valence-electron chi connectivity index (χ1n) is 13.2. The van der Waals surface area contributed by atoms with E-state index >= 15 is 0 Å². The number of thiophene rings is 1. The fourth-order valence-electron chi connectivity index (χ4n) is 4.82. The molecule has 3 aromatic rings. The van der Waals surface area contributed by atoms with Gasteiger partial charge in [0.25, 0.3) is 11.6 Å². The van der Waals surface area contributed by atoms with E-state index < -0.39 is 16.1 Å². The van der Waals surface area contributed by atoms with Crippen LogP contribution in [0.4, 0.5) is 16.4 Å². The van der Waals surface area contributed by atoms with Crippen molar-refractivity contribution in [1.82, 2.24) is 0 Å². The number of nitro groups is 1. The zero-order chi connectivity index (χ0) is 29.0. The fourth-order valence-corrected chi connectivity index (χ4v) is 7.12. The molecule has 0 saturated heterocycles. The molecule has 8 nitrogen and oxygen atoms in total. The quantitative estimate of drug-likeness (QED) is 0.163. The first-order valence-corrected chi connectivity index (χ1v) is 14.9. The van der Waals surface area contributed by atoms with Gasteiger partial charge in [-0.1, -0.05) is 39.8 Å². The highest BCUT2D eigenvalue weighted by Gasteiger charge is 2.33. The molecule has 0 bridgehead atoms. The molecule has 1 aliphatic carbocycles. The molecule has 0 spiro atoms. The molecule has 10 heteroatoms. The second kappa shape index (κ2) is 12.2. The molecule has 0 saturated carbocycles. The highest BCUT2D eigenvalue weighted by molar-refractivity contribution is 8.00. The highest BCUT2D eigenvalue weighted by atomic mass is 32.2. The molecule has 2 amide bonds. The zero-order valence-corrected chi connectivity index (χ0v) is 24.6. The van der Waals surface area contributed by atoms with Crippen LogP contribution in [0.25, 0.3) is 0 Å². The predicted molar refractivity (Wildman–Crippen MR) is 160 cm³/mol. The summed E-state index contributed by atoms with van der Waals surface area (Å²) in [6, 6.07) is 15.0. The Morgan fingerprint density at radius 2 is 1.95 bits per heavy atom. The van der Waals surface area contributed by atoms with Crippen LogP contribution >= 0.6 is 23.1 Å². The minimum atomic E-state index is -0.544. The lowest BCUT2D eigenvalue weighted by Gasteiger charge is -2.33. The number of benzene rings is 2. The lowest BCUT2D eigenvalue weighted by atomic mass is 9.72. The van der Waals surface area contributed by atoms with Crippen molar-refractivity contribution in [2.75, 3.05) is 10.6 Å². The summed E-state index contributed by atoms with van der Waals surface area (Å²) in [7, 11) is 0. The minimum Gasteiger partial charge on any atom is -0.322 e. The van der Waals surface area contributed by atoms with Gasteiger partial charge in [0, 0.05) is 33.2 Å². The molecule has 1 aromatic heterocycles. The van der Waals surface area contributed by atoms with Crippen molar-refractivity contribution in [3.05, 3.63) is 80.2 Å². The van der Waals surface area contributed by atoms with E-state index in [1.807, 2.05) is 13.0 Å². The maximum Gasteiger partial charge on any atom is 0.270 e. The third kappa shape index (κ3) is 6.72. The summed E-state index contributed by atoms with van der Waals surface area (Å²) >= 11 is 2.91. The molecule has 2 unspecified atom stereocenters. The Balaban J connectivity index is 1.45. The van der Waals surface area contributed by atoms with Crippen molar-refractivity contribution in [2.45, 2.75) is 63.5 Å². The number of thioether (sulfide) groups is 1. The van der Waals surface area contributed by atoms with Gasteiger partial charge in [-0.25, -0.2) is 0 Å². The smallest absolute Gasteiger partial charge is 0.270 e. The Morgan fingerprint density at radius 3 is 2.62 bits per heavy atom. The average Bonchev–Trinajstić information content (AvgIpc) is 3.27. The molecular formula is C30H32N4O4S2. The van der Waals surface area contributed by atoms with E-state index in [1.165, 1.54) is 52.2 Å². The summed E-state index contributed by atoms with van der Waals surface area (Å²) in [5, 5.41) is 27.0. The second-order valence-corrected chi connectivity index (χ2v) is 13.3. The normalized spacial score (nSPS) is 15.4. The SMILES string of the molecule is CCC(Sc1cccc(NC(=O)c2cccc([N+](=O)[O-])c2)c1)C(=O)Nc1sc2c(c1C#N)CCC(C(C)(C)C)C2. The van der Waals surface area contributed by atoms with Gasteiger partial charge in [0.2, 0.25) is 5.91 Å². The van der Waals surface area contributed by atoms with Crippen LogP contribution < -0.4 is 10.6 Å². The van der Waals surface area contributed by atoms with Crippen molar-refractivity contribution in [1.29, 1.82) is 5.26 Å². The van der Waals surface area contributed by atoms with Crippen LogP contribution in [0.15, 0.2) is 53.4 Å². The van der Waals surface area contributed by atoms with Crippen LogP contribution in [0, 0.1) is 32.8 Å². The van der Waals surface area contributed by atoms with Crippen LogP contribution in [0.3, 0.4) is 0 Å². The largest absolute Gasteiger partial charge is 0.322 e. The summed E-state index contributed by atoms with van der Waals surface area (Å²) in [4.78, 5) is 38.5. The number of nitrogens with one attached hydrogen (secondary N) is 2. The van der Waals surface area contributed by atoms with E-state index in [2.05, 4.69) is 37.5 Å². The number of amides is 2. The van der Waals surface area contributed by atoms with Crippen LogP contribution in [0.5, 0.6) is 0 Å². The van der Waals surface area contributed by atoms with E-state index in [4.69, 9.17) is 0 Å². The molecule has 1 aliphatic rings. The number of nitriles is 1. The van der Waals surface area contributed by atoms with Gasteiger partial charge in [-0.2, -0.15) is 5.26 Å². The summed E-state index contributed by atoms with van der Waals surface area (Å²) < 4.78 is 0. The van der Waals surface area contributed by atoms with Crippen molar-refractivity contribution in [3.8, 4) is 6.07 Å². The summed E-state index contributed by atoms with van der Waals surface area (Å²) in [5.74, 6) is -0.0894. The maximum atomic E-state index is 13.3. The molecule has 2 N–H and O–H groups in total. The Hall–Kier alpha value is -3.68. The molecule has 0 radical (unpaired) electrons. The van der Waals surface area contributed by atoms with Gasteiger partial charge in [-0.05, 0) is 66.8 Å². The van der Waals surface area contributed by atoms with Gasteiger partial charge in [0.15, 0.2) is 0 Å². The number of non-ortho nitro benzene ring substituents is 1. The van der Waals surface area contributed by atoms with Gasteiger partial charge >= 0.3 is 0 Å². The number of anilines is 2. The number of nitrogens with zero attached hydrogens (tertiary/aromatic N) is 2. The molecule has 2 atom stereocenters. The van der Waals surface area contributed by atoms with E-state index in [-0.39, 0.29) is 22.6 Å². The number of carbonyl (C=O) groups excluding carboxylic acids is 2. The number of hydrogen-bond acceptors (Lipinski definition) is 7. The van der Waals surface area contributed by atoms with Crippen molar-refractivity contribution >= 4 is 51.3 Å². The van der Waals surface area contributed by atoms with Crippen LogP contribution in [0.1, 0.15) is 66.9 Å². The third-order valence-corrected chi connectivity index (χ3v) is 9.72. The minimum absolute atomic E-state index is 0.158. The number of hydrogen-bond donors (Lipinski definition) is 2.